The highest BCUT2D eigenvalue weighted by molar-refractivity contribution is 7.95. The van der Waals surface area contributed by atoms with Gasteiger partial charge in [0.2, 0.25) is 0 Å². The van der Waals surface area contributed by atoms with E-state index in [0.29, 0.717) is 0 Å². The van der Waals surface area contributed by atoms with Crippen LogP contribution in [0, 0.1) is 10.1 Å². The minimum absolute atomic E-state index is 0.0928. The van der Waals surface area contributed by atoms with E-state index in [-0.39, 0.29) is 4.90 Å². The summed E-state index contributed by atoms with van der Waals surface area (Å²) in [4.78, 5) is 11.1. The SMILES string of the molecule is CN(C)/C=C(/[N+](=O)[O-])S(=O)(=O)c1ccccc1. The summed E-state index contributed by atoms with van der Waals surface area (Å²) in [5, 5.41) is 9.95. The Morgan fingerprint density at radius 3 is 2.24 bits per heavy atom. The standard InChI is InChI=1S/C10H12N2O4S/c1-11(2)8-10(12(13)14)17(15,16)9-6-4-3-5-7-9/h3-8H,1-2H3/b10-8-. The summed E-state index contributed by atoms with van der Waals surface area (Å²) in [6.45, 7) is 0. The molecule has 0 spiro atoms. The number of nitrogens with zero attached hydrogens (tertiary/aromatic N) is 2. The summed E-state index contributed by atoms with van der Waals surface area (Å²) < 4.78 is 23.9. The Bertz CT molecular complexity index is 535. The lowest BCUT2D eigenvalue weighted by atomic mass is 10.4. The molecule has 0 heterocycles. The van der Waals surface area contributed by atoms with E-state index < -0.39 is 19.8 Å². The summed E-state index contributed by atoms with van der Waals surface area (Å²) in [6, 6.07) is 7.31. The van der Waals surface area contributed by atoms with Crippen molar-refractivity contribution in [1.29, 1.82) is 0 Å². The fraction of sp³-hybridized carbons (Fsp3) is 0.200. The van der Waals surface area contributed by atoms with Crippen molar-refractivity contribution in [1.82, 2.24) is 4.90 Å². The molecular weight excluding hydrogens is 244 g/mol. The summed E-state index contributed by atoms with van der Waals surface area (Å²) in [5.41, 5.74) is 0. The first-order chi connectivity index (χ1) is 7.85. The minimum Gasteiger partial charge on any atom is -0.377 e. The first kappa shape index (κ1) is 13.2. The van der Waals surface area contributed by atoms with Gasteiger partial charge in [-0.1, -0.05) is 18.2 Å². The molecule has 92 valence electrons. The lowest BCUT2D eigenvalue weighted by molar-refractivity contribution is -0.412. The Hall–Kier alpha value is -1.89. The third kappa shape index (κ3) is 3.04. The molecule has 0 aliphatic heterocycles. The highest BCUT2D eigenvalue weighted by Gasteiger charge is 2.31. The summed E-state index contributed by atoms with van der Waals surface area (Å²) in [6.07, 6.45) is 0.975. The maximum absolute atomic E-state index is 12.0. The Balaban J connectivity index is 3.34. The van der Waals surface area contributed by atoms with Crippen molar-refractivity contribution in [3.63, 3.8) is 0 Å². The van der Waals surface area contributed by atoms with E-state index in [4.69, 9.17) is 0 Å². The van der Waals surface area contributed by atoms with E-state index >= 15 is 0 Å². The van der Waals surface area contributed by atoms with Gasteiger partial charge in [0.15, 0.2) is 0 Å². The van der Waals surface area contributed by atoms with Crippen molar-refractivity contribution >= 4 is 9.84 Å². The second-order valence-electron chi connectivity index (χ2n) is 3.50. The number of nitro groups is 1. The Morgan fingerprint density at radius 1 is 1.29 bits per heavy atom. The molecule has 0 N–H and O–H groups in total. The molecule has 1 aromatic carbocycles. The van der Waals surface area contributed by atoms with Crippen molar-refractivity contribution < 1.29 is 13.3 Å². The van der Waals surface area contributed by atoms with Crippen LogP contribution in [-0.2, 0) is 9.84 Å². The average molecular weight is 256 g/mol. The monoisotopic (exact) mass is 256 g/mol. The van der Waals surface area contributed by atoms with Crippen LogP contribution in [0.15, 0.2) is 46.5 Å². The Morgan fingerprint density at radius 2 is 1.82 bits per heavy atom. The van der Waals surface area contributed by atoms with Crippen molar-refractivity contribution in [3.8, 4) is 0 Å². The zero-order valence-electron chi connectivity index (χ0n) is 9.40. The molecule has 0 radical (unpaired) electrons. The van der Waals surface area contributed by atoms with Gasteiger partial charge in [-0.2, -0.15) is 0 Å². The molecule has 0 fully saturated rings. The van der Waals surface area contributed by atoms with Gasteiger partial charge in [-0.3, -0.25) is 10.1 Å². The summed E-state index contributed by atoms with van der Waals surface area (Å²) in [5.74, 6) is 0. The van der Waals surface area contributed by atoms with E-state index in [9.17, 15) is 18.5 Å². The number of rotatable bonds is 4. The van der Waals surface area contributed by atoms with Gasteiger partial charge in [0.1, 0.15) is 0 Å². The van der Waals surface area contributed by atoms with E-state index in [1.54, 1.807) is 6.07 Å². The molecule has 17 heavy (non-hydrogen) atoms. The van der Waals surface area contributed by atoms with Crippen LogP contribution in [0.1, 0.15) is 0 Å². The largest absolute Gasteiger partial charge is 0.379 e. The minimum atomic E-state index is -4.08. The van der Waals surface area contributed by atoms with Gasteiger partial charge in [-0.05, 0) is 12.1 Å². The molecule has 0 atom stereocenters. The average Bonchev–Trinajstić information content (AvgIpc) is 2.26. The van der Waals surface area contributed by atoms with E-state index in [0.717, 1.165) is 6.20 Å². The number of benzene rings is 1. The number of sulfone groups is 1. The number of hydrogen-bond donors (Lipinski definition) is 0. The van der Waals surface area contributed by atoms with Gasteiger partial charge in [0.05, 0.1) is 16.0 Å². The van der Waals surface area contributed by atoms with Gasteiger partial charge in [0, 0.05) is 14.1 Å². The van der Waals surface area contributed by atoms with Crippen molar-refractivity contribution in [2.75, 3.05) is 14.1 Å². The molecule has 0 bridgehead atoms. The highest BCUT2D eigenvalue weighted by Crippen LogP contribution is 2.19. The van der Waals surface area contributed by atoms with Gasteiger partial charge < -0.3 is 4.90 Å². The van der Waals surface area contributed by atoms with Crippen LogP contribution in [0.4, 0.5) is 0 Å². The van der Waals surface area contributed by atoms with Crippen molar-refractivity contribution in [2.45, 2.75) is 4.90 Å². The normalized spacial score (nSPS) is 12.2. The predicted octanol–water partition coefficient (Wildman–Crippen LogP) is 1.10. The molecule has 0 saturated heterocycles. The van der Waals surface area contributed by atoms with Crippen molar-refractivity contribution in [3.05, 3.63) is 51.7 Å². The van der Waals surface area contributed by atoms with Crippen LogP contribution in [0.25, 0.3) is 0 Å². The van der Waals surface area contributed by atoms with Crippen LogP contribution in [-0.4, -0.2) is 32.3 Å². The fourth-order valence-corrected chi connectivity index (χ4v) is 2.46. The zero-order valence-corrected chi connectivity index (χ0v) is 10.2. The smallest absolute Gasteiger partial charge is 0.377 e. The molecule has 0 aliphatic rings. The second-order valence-corrected chi connectivity index (χ2v) is 5.40. The third-order valence-corrected chi connectivity index (χ3v) is 3.58. The van der Waals surface area contributed by atoms with Crippen molar-refractivity contribution in [2.24, 2.45) is 0 Å². The van der Waals surface area contributed by atoms with E-state index in [1.165, 1.54) is 43.3 Å². The van der Waals surface area contributed by atoms with E-state index in [1.807, 2.05) is 0 Å². The quantitative estimate of drug-likeness (QED) is 0.595. The van der Waals surface area contributed by atoms with Crippen LogP contribution < -0.4 is 0 Å². The fourth-order valence-electron chi connectivity index (χ4n) is 1.16. The van der Waals surface area contributed by atoms with Gasteiger partial charge in [0.25, 0.3) is 9.84 Å². The Labute approximate surface area is 99.2 Å². The maximum Gasteiger partial charge on any atom is 0.379 e. The number of hydrogen-bond acceptors (Lipinski definition) is 5. The highest BCUT2D eigenvalue weighted by atomic mass is 32.2. The predicted molar refractivity (Wildman–Crippen MR) is 62.4 cm³/mol. The molecule has 0 aliphatic carbocycles. The van der Waals surface area contributed by atoms with Gasteiger partial charge >= 0.3 is 5.03 Å². The molecule has 0 amide bonds. The van der Waals surface area contributed by atoms with Crippen LogP contribution in [0.3, 0.4) is 0 Å². The molecular formula is C10H12N2O4S. The maximum atomic E-state index is 12.0. The van der Waals surface area contributed by atoms with Crippen LogP contribution >= 0.6 is 0 Å². The van der Waals surface area contributed by atoms with Gasteiger partial charge in [-0.25, -0.2) is 8.42 Å². The summed E-state index contributed by atoms with van der Waals surface area (Å²) in [7, 11) is -1.04. The second kappa shape index (κ2) is 4.96. The molecule has 6 nitrogen and oxygen atoms in total. The molecule has 1 aromatic rings. The van der Waals surface area contributed by atoms with E-state index in [2.05, 4.69) is 0 Å². The molecule has 0 aromatic heterocycles. The zero-order chi connectivity index (χ0) is 13.1. The third-order valence-electron chi connectivity index (χ3n) is 1.88. The summed E-state index contributed by atoms with van der Waals surface area (Å²) >= 11 is 0. The lowest BCUT2D eigenvalue weighted by Crippen LogP contribution is -2.16. The molecule has 1 rings (SSSR count). The molecule has 0 unspecified atom stereocenters. The topological polar surface area (TPSA) is 80.5 Å². The Kier molecular flexibility index (Phi) is 3.84. The molecule has 0 saturated carbocycles. The van der Waals surface area contributed by atoms with Gasteiger partial charge in [-0.15, -0.1) is 0 Å². The van der Waals surface area contributed by atoms with Crippen LogP contribution in [0.5, 0.6) is 0 Å². The molecule has 7 heteroatoms. The van der Waals surface area contributed by atoms with Crippen LogP contribution in [0.2, 0.25) is 0 Å². The first-order valence-electron chi connectivity index (χ1n) is 4.68. The first-order valence-corrected chi connectivity index (χ1v) is 6.17. The lowest BCUT2D eigenvalue weighted by Gasteiger charge is -2.06.